The Morgan fingerprint density at radius 3 is 2.45 bits per heavy atom. The van der Waals surface area contributed by atoms with Gasteiger partial charge in [0.2, 0.25) is 11.8 Å². The van der Waals surface area contributed by atoms with Gasteiger partial charge < -0.3 is 10.5 Å². The van der Waals surface area contributed by atoms with E-state index in [9.17, 15) is 20.1 Å². The van der Waals surface area contributed by atoms with Crippen LogP contribution in [0.15, 0.2) is 29.3 Å². The molecular weight excluding hydrogens is 414 g/mol. The van der Waals surface area contributed by atoms with Crippen molar-refractivity contribution in [2.24, 2.45) is 0 Å². The van der Waals surface area contributed by atoms with E-state index in [4.69, 9.17) is 10.5 Å². The molecule has 1 aromatic carbocycles. The molecule has 31 heavy (non-hydrogen) atoms. The highest BCUT2D eigenvalue weighted by Crippen LogP contribution is 2.47. The molecule has 8 nitrogen and oxygen atoms in total. The van der Waals surface area contributed by atoms with E-state index in [1.54, 1.807) is 24.3 Å². The zero-order chi connectivity index (χ0) is 22.1. The minimum atomic E-state index is -0.724. The number of hydrogen-bond donors (Lipinski definition) is 1. The smallest absolute Gasteiger partial charge is 0.247 e. The second kappa shape index (κ2) is 8.29. The van der Waals surface area contributed by atoms with Crippen molar-refractivity contribution in [2.75, 3.05) is 17.2 Å². The quantitative estimate of drug-likeness (QED) is 0.687. The molecule has 0 bridgehead atoms. The Kier molecular flexibility index (Phi) is 5.53. The lowest BCUT2D eigenvalue weighted by atomic mass is 10.0. The standard InChI is InChI=1S/C22H19N5O3S/c1-2-30-14-7-5-13(6-8-14)27-18(28)9-17(22(27)29)31-21-16(11-24)19(12-3-4-12)15(10-23)20(25)26-21/h5-8,12,17H,2-4,9H2,1H3,(H2,25,26)/t17-/m1/s1. The van der Waals surface area contributed by atoms with Crippen LogP contribution in [0, 0.1) is 22.7 Å². The summed E-state index contributed by atoms with van der Waals surface area (Å²) in [5.41, 5.74) is 7.57. The Morgan fingerprint density at radius 2 is 1.87 bits per heavy atom. The molecule has 1 atom stereocenters. The molecule has 156 valence electrons. The number of thioether (sulfide) groups is 1. The number of carbonyl (C=O) groups is 2. The summed E-state index contributed by atoms with van der Waals surface area (Å²) in [6, 6.07) is 10.9. The van der Waals surface area contributed by atoms with Crippen molar-refractivity contribution >= 4 is 35.1 Å². The van der Waals surface area contributed by atoms with Gasteiger partial charge in [0, 0.05) is 6.42 Å². The van der Waals surface area contributed by atoms with E-state index < -0.39 is 5.25 Å². The Morgan fingerprint density at radius 1 is 1.19 bits per heavy atom. The molecule has 1 saturated heterocycles. The molecule has 1 aliphatic heterocycles. The molecule has 4 rings (SSSR count). The van der Waals surface area contributed by atoms with Gasteiger partial charge in [0.15, 0.2) is 0 Å². The number of nitrogens with zero attached hydrogens (tertiary/aromatic N) is 4. The highest BCUT2D eigenvalue weighted by atomic mass is 32.2. The van der Waals surface area contributed by atoms with Gasteiger partial charge in [-0.2, -0.15) is 10.5 Å². The third kappa shape index (κ3) is 3.80. The summed E-state index contributed by atoms with van der Waals surface area (Å²) in [5, 5.41) is 18.8. The van der Waals surface area contributed by atoms with E-state index in [2.05, 4.69) is 17.1 Å². The number of anilines is 2. The van der Waals surface area contributed by atoms with Gasteiger partial charge in [-0.1, -0.05) is 11.8 Å². The maximum absolute atomic E-state index is 13.0. The third-order valence-electron chi connectivity index (χ3n) is 5.20. The van der Waals surface area contributed by atoms with E-state index in [1.165, 1.54) is 0 Å². The number of pyridine rings is 1. The fraction of sp³-hybridized carbons (Fsp3) is 0.318. The first-order chi connectivity index (χ1) is 15.0. The summed E-state index contributed by atoms with van der Waals surface area (Å²) in [5.74, 6) is 0.107. The maximum Gasteiger partial charge on any atom is 0.247 e. The van der Waals surface area contributed by atoms with Crippen molar-refractivity contribution in [1.82, 2.24) is 4.98 Å². The fourth-order valence-corrected chi connectivity index (χ4v) is 4.78. The van der Waals surface area contributed by atoms with Crippen LogP contribution in [0.4, 0.5) is 11.5 Å². The average Bonchev–Trinajstić information content (AvgIpc) is 3.55. The lowest BCUT2D eigenvalue weighted by Crippen LogP contribution is -2.31. The van der Waals surface area contributed by atoms with Gasteiger partial charge in [0.1, 0.15) is 28.7 Å². The molecule has 1 aromatic heterocycles. The van der Waals surface area contributed by atoms with E-state index in [0.29, 0.717) is 28.6 Å². The van der Waals surface area contributed by atoms with Crippen LogP contribution in [-0.4, -0.2) is 28.7 Å². The number of rotatable bonds is 6. The van der Waals surface area contributed by atoms with Crippen LogP contribution in [-0.2, 0) is 9.59 Å². The molecule has 2 aliphatic rings. The first-order valence-corrected chi connectivity index (χ1v) is 10.8. The predicted octanol–water partition coefficient (Wildman–Crippen LogP) is 3.11. The van der Waals surface area contributed by atoms with Gasteiger partial charge in [-0.3, -0.25) is 9.59 Å². The molecule has 1 saturated carbocycles. The Labute approximate surface area is 183 Å². The minimum absolute atomic E-state index is 0.0120. The molecule has 9 heteroatoms. The highest BCUT2D eigenvalue weighted by molar-refractivity contribution is 8.00. The molecule has 2 heterocycles. The van der Waals surface area contributed by atoms with Gasteiger partial charge in [-0.05, 0) is 55.5 Å². The monoisotopic (exact) mass is 433 g/mol. The summed E-state index contributed by atoms with van der Waals surface area (Å²) < 4.78 is 5.40. The molecule has 2 N–H and O–H groups in total. The van der Waals surface area contributed by atoms with Gasteiger partial charge >= 0.3 is 0 Å². The zero-order valence-corrected chi connectivity index (χ0v) is 17.6. The maximum atomic E-state index is 13.0. The fourth-order valence-electron chi connectivity index (χ4n) is 3.65. The van der Waals surface area contributed by atoms with Crippen molar-refractivity contribution < 1.29 is 14.3 Å². The zero-order valence-electron chi connectivity index (χ0n) is 16.8. The second-order valence-corrected chi connectivity index (χ2v) is 8.46. The van der Waals surface area contributed by atoms with E-state index in [0.717, 1.165) is 29.5 Å². The van der Waals surface area contributed by atoms with Crippen LogP contribution in [0.5, 0.6) is 5.75 Å². The number of nitrogens with two attached hydrogens (primary N) is 1. The minimum Gasteiger partial charge on any atom is -0.494 e. The molecule has 0 unspecified atom stereocenters. The number of benzene rings is 1. The third-order valence-corrected chi connectivity index (χ3v) is 6.38. The van der Waals surface area contributed by atoms with Crippen LogP contribution < -0.4 is 15.4 Å². The average molecular weight is 433 g/mol. The summed E-state index contributed by atoms with van der Waals surface area (Å²) in [6.45, 7) is 2.39. The summed E-state index contributed by atoms with van der Waals surface area (Å²) >= 11 is 1.06. The molecule has 2 fully saturated rings. The molecule has 1 aliphatic carbocycles. The topological polar surface area (TPSA) is 133 Å². The van der Waals surface area contributed by atoms with Crippen molar-refractivity contribution in [1.29, 1.82) is 10.5 Å². The van der Waals surface area contributed by atoms with Gasteiger partial charge in [-0.25, -0.2) is 9.88 Å². The van der Waals surface area contributed by atoms with E-state index >= 15 is 0 Å². The van der Waals surface area contributed by atoms with Gasteiger partial charge in [-0.15, -0.1) is 0 Å². The first kappa shape index (κ1) is 20.7. The van der Waals surface area contributed by atoms with Crippen LogP contribution in [0.3, 0.4) is 0 Å². The van der Waals surface area contributed by atoms with Crippen LogP contribution in [0.2, 0.25) is 0 Å². The summed E-state index contributed by atoms with van der Waals surface area (Å²) in [4.78, 5) is 31.0. The number of hydrogen-bond acceptors (Lipinski definition) is 8. The largest absolute Gasteiger partial charge is 0.494 e. The highest BCUT2D eigenvalue weighted by Gasteiger charge is 2.41. The number of ether oxygens (including phenoxy) is 1. The first-order valence-electron chi connectivity index (χ1n) is 9.88. The summed E-state index contributed by atoms with van der Waals surface area (Å²) in [7, 11) is 0. The lowest BCUT2D eigenvalue weighted by molar-refractivity contribution is -0.121. The van der Waals surface area contributed by atoms with Crippen LogP contribution >= 0.6 is 11.8 Å². The number of carbonyl (C=O) groups excluding carboxylic acids is 2. The predicted molar refractivity (Wildman–Crippen MR) is 114 cm³/mol. The van der Waals surface area contributed by atoms with Gasteiger partial charge in [0.25, 0.3) is 0 Å². The van der Waals surface area contributed by atoms with Crippen LogP contribution in [0.1, 0.15) is 48.8 Å². The molecule has 2 amide bonds. The molecule has 2 aromatic rings. The Hall–Kier alpha value is -3.56. The molecular formula is C22H19N5O3S. The normalized spacial score (nSPS) is 18.0. The number of nitrogen functional groups attached to an aromatic ring is 1. The van der Waals surface area contributed by atoms with Crippen molar-refractivity contribution in [3.8, 4) is 17.9 Å². The van der Waals surface area contributed by atoms with E-state index in [1.807, 2.05) is 6.92 Å². The Bertz CT molecular complexity index is 1150. The number of aromatic nitrogens is 1. The number of nitriles is 2. The SMILES string of the molecule is CCOc1ccc(N2C(=O)C[C@@H](Sc3nc(N)c(C#N)c(C4CC4)c3C#N)C2=O)cc1. The second-order valence-electron chi connectivity index (χ2n) is 7.27. The Balaban J connectivity index is 1.62. The van der Waals surface area contributed by atoms with E-state index in [-0.39, 0.29) is 41.1 Å². The van der Waals surface area contributed by atoms with Crippen molar-refractivity contribution in [3.05, 3.63) is 41.0 Å². The molecule has 0 spiro atoms. The van der Waals surface area contributed by atoms with Gasteiger partial charge in [0.05, 0.1) is 28.7 Å². The number of imide groups is 1. The lowest BCUT2D eigenvalue weighted by Gasteiger charge is -2.16. The summed E-state index contributed by atoms with van der Waals surface area (Å²) in [6.07, 6.45) is 1.74. The van der Waals surface area contributed by atoms with Crippen LogP contribution in [0.25, 0.3) is 0 Å². The number of amides is 2. The molecule has 0 radical (unpaired) electrons. The van der Waals surface area contributed by atoms with Crippen molar-refractivity contribution in [3.63, 3.8) is 0 Å². The van der Waals surface area contributed by atoms with Crippen molar-refractivity contribution in [2.45, 2.75) is 42.4 Å².